The first-order chi connectivity index (χ1) is 7.79. The number of nitrogens with zero attached hydrogens (tertiary/aromatic N) is 1. The molecule has 1 aromatic rings. The van der Waals surface area contributed by atoms with E-state index in [1.165, 1.54) is 24.0 Å². The zero-order valence-corrected chi connectivity index (χ0v) is 9.28. The topological polar surface area (TPSA) is 20.3 Å². The highest BCUT2D eigenvalue weighted by molar-refractivity contribution is 5.90. The Hall–Kier alpha value is -1.31. The van der Waals surface area contributed by atoms with Crippen LogP contribution in [-0.4, -0.2) is 17.4 Å². The summed E-state index contributed by atoms with van der Waals surface area (Å²) in [6.45, 7) is 1.76. The van der Waals surface area contributed by atoms with E-state index < -0.39 is 0 Å². The Morgan fingerprint density at radius 3 is 2.62 bits per heavy atom. The lowest BCUT2D eigenvalue weighted by atomic mass is 9.99. The molecule has 2 fully saturated rings. The summed E-state index contributed by atoms with van der Waals surface area (Å²) < 4.78 is 0. The summed E-state index contributed by atoms with van der Waals surface area (Å²) in [5.74, 6) is 1.20. The largest absolute Gasteiger partial charge is 0.338 e. The maximum absolute atomic E-state index is 12.3. The molecule has 1 aromatic carbocycles. The summed E-state index contributed by atoms with van der Waals surface area (Å²) in [7, 11) is 0. The fourth-order valence-corrected chi connectivity index (χ4v) is 3.03. The van der Waals surface area contributed by atoms with Gasteiger partial charge in [0.2, 0.25) is 5.91 Å². The third-order valence-electron chi connectivity index (χ3n) is 4.53. The van der Waals surface area contributed by atoms with Gasteiger partial charge >= 0.3 is 0 Å². The van der Waals surface area contributed by atoms with Crippen molar-refractivity contribution in [1.29, 1.82) is 0 Å². The number of hydrogen-bond acceptors (Lipinski definition) is 1. The summed E-state index contributed by atoms with van der Waals surface area (Å²) in [5.41, 5.74) is 2.91. The first-order valence-electron chi connectivity index (χ1n) is 6.16. The first-order valence-corrected chi connectivity index (χ1v) is 6.16. The predicted molar refractivity (Wildman–Crippen MR) is 60.7 cm³/mol. The number of benzene rings is 1. The van der Waals surface area contributed by atoms with Crippen molar-refractivity contribution < 1.29 is 4.79 Å². The Balaban J connectivity index is 1.59. The van der Waals surface area contributed by atoms with Gasteiger partial charge in [0.25, 0.3) is 0 Å². The van der Waals surface area contributed by atoms with Crippen LogP contribution in [-0.2, 0) is 17.8 Å². The molecule has 0 spiro atoms. The van der Waals surface area contributed by atoms with Crippen LogP contribution in [0.2, 0.25) is 0 Å². The molecule has 4 rings (SSSR count). The molecule has 2 heteroatoms. The zero-order valence-electron chi connectivity index (χ0n) is 9.28. The predicted octanol–water partition coefficient (Wildman–Crippen LogP) is 1.98. The number of hydrogen-bond donors (Lipinski definition) is 0. The Kier molecular flexibility index (Phi) is 1.47. The highest BCUT2D eigenvalue weighted by atomic mass is 16.2. The number of carbonyl (C=O) groups excluding carboxylic acids is 1. The van der Waals surface area contributed by atoms with Crippen LogP contribution in [0.25, 0.3) is 0 Å². The van der Waals surface area contributed by atoms with Gasteiger partial charge in [-0.05, 0) is 36.3 Å². The molecule has 0 N–H and O–H groups in total. The summed E-state index contributed by atoms with van der Waals surface area (Å²) in [6.07, 6.45) is 3.37. The third kappa shape index (κ3) is 1.05. The van der Waals surface area contributed by atoms with Gasteiger partial charge in [0, 0.05) is 13.1 Å². The van der Waals surface area contributed by atoms with Crippen molar-refractivity contribution in [3.63, 3.8) is 0 Å². The minimum absolute atomic E-state index is 0.145. The standard InChI is InChI=1S/C14H15NO/c16-13(14-7-12(14)8-14)15-6-5-10-3-1-2-4-11(10)9-15/h1-4,12H,5-9H2. The van der Waals surface area contributed by atoms with E-state index in [9.17, 15) is 4.79 Å². The Morgan fingerprint density at radius 1 is 1.25 bits per heavy atom. The maximum atomic E-state index is 12.3. The summed E-state index contributed by atoms with van der Waals surface area (Å²) >= 11 is 0. The average molecular weight is 213 g/mol. The number of amides is 1. The van der Waals surface area contributed by atoms with Crippen LogP contribution in [0.4, 0.5) is 0 Å². The van der Waals surface area contributed by atoms with Gasteiger partial charge in [0.15, 0.2) is 0 Å². The van der Waals surface area contributed by atoms with E-state index in [2.05, 4.69) is 29.2 Å². The molecule has 1 aliphatic heterocycles. The molecule has 1 amide bonds. The minimum atomic E-state index is 0.145. The summed E-state index contributed by atoms with van der Waals surface area (Å²) in [5, 5.41) is 0. The van der Waals surface area contributed by atoms with Crippen molar-refractivity contribution in [3.05, 3.63) is 35.4 Å². The van der Waals surface area contributed by atoms with Crippen molar-refractivity contribution in [2.45, 2.75) is 25.8 Å². The lowest BCUT2D eigenvalue weighted by molar-refractivity contribution is -0.135. The highest BCUT2D eigenvalue weighted by Gasteiger charge is 2.75. The highest BCUT2D eigenvalue weighted by Crippen LogP contribution is 2.76. The van der Waals surface area contributed by atoms with Crippen LogP contribution < -0.4 is 0 Å². The number of fused-ring (bicyclic) bond motifs is 2. The third-order valence-corrected chi connectivity index (χ3v) is 4.53. The molecule has 0 aromatic heterocycles. The second-order valence-corrected chi connectivity index (χ2v) is 5.51. The molecule has 0 bridgehead atoms. The molecule has 2 aliphatic carbocycles. The van der Waals surface area contributed by atoms with E-state index >= 15 is 0 Å². The van der Waals surface area contributed by atoms with E-state index in [4.69, 9.17) is 0 Å². The minimum Gasteiger partial charge on any atom is -0.338 e. The van der Waals surface area contributed by atoms with Crippen molar-refractivity contribution in [3.8, 4) is 0 Å². The van der Waals surface area contributed by atoms with E-state index in [0.29, 0.717) is 5.91 Å². The van der Waals surface area contributed by atoms with Crippen molar-refractivity contribution in [2.75, 3.05) is 6.54 Å². The van der Waals surface area contributed by atoms with E-state index in [1.807, 2.05) is 0 Å². The quantitative estimate of drug-likeness (QED) is 0.698. The zero-order chi connectivity index (χ0) is 10.8. The second kappa shape index (κ2) is 2.68. The molecule has 1 heterocycles. The first kappa shape index (κ1) is 8.80. The lowest BCUT2D eigenvalue weighted by Crippen LogP contribution is -2.38. The fourth-order valence-electron chi connectivity index (χ4n) is 3.03. The Labute approximate surface area is 95.3 Å². The van der Waals surface area contributed by atoms with Gasteiger partial charge in [-0.15, -0.1) is 0 Å². The Bertz CT molecular complexity index is 473. The van der Waals surface area contributed by atoms with E-state index in [0.717, 1.165) is 25.4 Å². The number of rotatable bonds is 1. The molecular formula is C14H15NO. The molecule has 0 unspecified atom stereocenters. The molecule has 2 saturated carbocycles. The maximum Gasteiger partial charge on any atom is 0.229 e. The fraction of sp³-hybridized carbons (Fsp3) is 0.500. The average Bonchev–Trinajstić information content (AvgIpc) is 3.16. The van der Waals surface area contributed by atoms with E-state index in [-0.39, 0.29) is 5.41 Å². The van der Waals surface area contributed by atoms with Gasteiger partial charge in [0.05, 0.1) is 5.41 Å². The van der Waals surface area contributed by atoms with Crippen LogP contribution >= 0.6 is 0 Å². The monoisotopic (exact) mass is 213 g/mol. The molecule has 0 atom stereocenters. The lowest BCUT2D eigenvalue weighted by Gasteiger charge is -2.30. The smallest absolute Gasteiger partial charge is 0.229 e. The van der Waals surface area contributed by atoms with Crippen molar-refractivity contribution in [1.82, 2.24) is 4.90 Å². The molecule has 82 valence electrons. The van der Waals surface area contributed by atoms with Gasteiger partial charge in [-0.3, -0.25) is 4.79 Å². The van der Waals surface area contributed by atoms with Crippen LogP contribution in [0.5, 0.6) is 0 Å². The summed E-state index contributed by atoms with van der Waals surface area (Å²) in [6, 6.07) is 8.51. The summed E-state index contributed by atoms with van der Waals surface area (Å²) in [4.78, 5) is 14.3. The van der Waals surface area contributed by atoms with Gasteiger partial charge in [-0.1, -0.05) is 24.3 Å². The van der Waals surface area contributed by atoms with Crippen LogP contribution in [0, 0.1) is 11.3 Å². The molecule has 2 nitrogen and oxygen atoms in total. The molecule has 3 aliphatic rings. The normalized spacial score (nSPS) is 34.0. The van der Waals surface area contributed by atoms with Crippen molar-refractivity contribution in [2.24, 2.45) is 11.3 Å². The van der Waals surface area contributed by atoms with Crippen LogP contribution in [0.3, 0.4) is 0 Å². The molecule has 0 saturated heterocycles. The Morgan fingerprint density at radius 2 is 1.94 bits per heavy atom. The van der Waals surface area contributed by atoms with Crippen LogP contribution in [0.15, 0.2) is 24.3 Å². The van der Waals surface area contributed by atoms with Crippen molar-refractivity contribution >= 4 is 5.91 Å². The SMILES string of the molecule is O=C(N1CCc2ccccc2C1)C12CC1C2. The van der Waals surface area contributed by atoms with Gasteiger partial charge in [-0.25, -0.2) is 0 Å². The molecule has 16 heavy (non-hydrogen) atoms. The van der Waals surface area contributed by atoms with Gasteiger partial charge in [-0.2, -0.15) is 0 Å². The van der Waals surface area contributed by atoms with Crippen LogP contribution in [0.1, 0.15) is 24.0 Å². The van der Waals surface area contributed by atoms with E-state index in [1.54, 1.807) is 0 Å². The number of carbonyl (C=O) groups is 1. The van der Waals surface area contributed by atoms with Gasteiger partial charge in [0.1, 0.15) is 0 Å². The molecular weight excluding hydrogens is 198 g/mol. The second-order valence-electron chi connectivity index (χ2n) is 5.51. The molecule has 0 radical (unpaired) electrons. The van der Waals surface area contributed by atoms with Gasteiger partial charge < -0.3 is 4.90 Å².